The third-order valence-corrected chi connectivity index (χ3v) is 3.87. The van der Waals surface area contributed by atoms with E-state index in [1.807, 2.05) is 24.3 Å². The highest BCUT2D eigenvalue weighted by atomic mass is 16.3. The Labute approximate surface area is 132 Å². The molecule has 22 heavy (non-hydrogen) atoms. The minimum Gasteiger partial charge on any atom is -0.393 e. The zero-order valence-corrected chi connectivity index (χ0v) is 13.7. The number of carbonyl (C=O) groups excluding carboxylic acids is 1. The lowest BCUT2D eigenvalue weighted by Gasteiger charge is -2.18. The monoisotopic (exact) mass is 300 g/mol. The summed E-state index contributed by atoms with van der Waals surface area (Å²) >= 11 is 0. The van der Waals surface area contributed by atoms with Crippen LogP contribution >= 0.6 is 0 Å². The summed E-state index contributed by atoms with van der Waals surface area (Å²) in [5.41, 5.74) is 4.07. The first-order valence-electron chi connectivity index (χ1n) is 7.59. The smallest absolute Gasteiger partial charge is 0.253 e. The quantitative estimate of drug-likeness (QED) is 0.923. The van der Waals surface area contributed by atoms with Crippen molar-refractivity contribution >= 4 is 5.91 Å². The summed E-state index contributed by atoms with van der Waals surface area (Å²) in [5, 5.41) is 9.31. The molecule has 4 nitrogen and oxygen atoms in total. The van der Waals surface area contributed by atoms with Gasteiger partial charge in [-0.05, 0) is 63.6 Å². The molecule has 118 valence electrons. The third kappa shape index (κ3) is 3.57. The summed E-state index contributed by atoms with van der Waals surface area (Å²) in [5.74, 6) is -0.0202. The summed E-state index contributed by atoms with van der Waals surface area (Å²) in [7, 11) is 1.76. The topological polar surface area (TPSA) is 45.5 Å². The fourth-order valence-electron chi connectivity index (χ4n) is 2.53. The summed E-state index contributed by atoms with van der Waals surface area (Å²) in [6, 6.07) is 11.8. The number of aliphatic hydroxyl groups is 1. The van der Waals surface area contributed by atoms with Gasteiger partial charge in [0.2, 0.25) is 0 Å². The molecule has 0 bridgehead atoms. The zero-order valence-electron chi connectivity index (χ0n) is 13.7. The van der Waals surface area contributed by atoms with Gasteiger partial charge < -0.3 is 14.6 Å². The predicted octanol–water partition coefficient (Wildman–Crippen LogP) is 2.94. The minimum absolute atomic E-state index is 0.0202. The Morgan fingerprint density at radius 1 is 1.14 bits per heavy atom. The Balaban J connectivity index is 2.13. The molecule has 1 amide bonds. The molecule has 0 radical (unpaired) electrons. The SMILES string of the molecule is Cc1ccc(C)n1-c1ccc(C(=O)N(C)CCC(C)O)cc1. The number of aliphatic hydroxyl groups excluding tert-OH is 1. The van der Waals surface area contributed by atoms with Crippen molar-refractivity contribution in [2.75, 3.05) is 13.6 Å². The van der Waals surface area contributed by atoms with Gasteiger partial charge in [-0.3, -0.25) is 4.79 Å². The summed E-state index contributed by atoms with van der Waals surface area (Å²) in [6.07, 6.45) is 0.194. The van der Waals surface area contributed by atoms with Gasteiger partial charge in [-0.15, -0.1) is 0 Å². The van der Waals surface area contributed by atoms with Gasteiger partial charge in [0, 0.05) is 36.2 Å². The number of amides is 1. The van der Waals surface area contributed by atoms with E-state index in [-0.39, 0.29) is 5.91 Å². The van der Waals surface area contributed by atoms with Crippen molar-refractivity contribution < 1.29 is 9.90 Å². The van der Waals surface area contributed by atoms with Crippen LogP contribution in [0.2, 0.25) is 0 Å². The van der Waals surface area contributed by atoms with Crippen LogP contribution in [-0.4, -0.2) is 40.2 Å². The van der Waals surface area contributed by atoms with Gasteiger partial charge in [-0.25, -0.2) is 0 Å². The maximum atomic E-state index is 12.3. The first kappa shape index (κ1) is 16.3. The van der Waals surface area contributed by atoms with E-state index in [1.165, 1.54) is 11.4 Å². The van der Waals surface area contributed by atoms with Crippen molar-refractivity contribution in [1.29, 1.82) is 0 Å². The van der Waals surface area contributed by atoms with Crippen molar-refractivity contribution in [3.8, 4) is 5.69 Å². The Bertz CT molecular complexity index is 622. The molecule has 1 aromatic carbocycles. The molecule has 2 rings (SSSR count). The Hall–Kier alpha value is -2.07. The molecule has 0 fully saturated rings. The van der Waals surface area contributed by atoms with Crippen LogP contribution in [0.1, 0.15) is 35.1 Å². The molecule has 0 spiro atoms. The van der Waals surface area contributed by atoms with Crippen LogP contribution < -0.4 is 0 Å². The first-order valence-corrected chi connectivity index (χ1v) is 7.59. The van der Waals surface area contributed by atoms with Crippen molar-refractivity contribution in [3.63, 3.8) is 0 Å². The fourth-order valence-corrected chi connectivity index (χ4v) is 2.53. The molecule has 0 aliphatic carbocycles. The van der Waals surface area contributed by atoms with Crippen LogP contribution in [-0.2, 0) is 0 Å². The third-order valence-electron chi connectivity index (χ3n) is 3.87. The van der Waals surface area contributed by atoms with Crippen molar-refractivity contribution in [2.24, 2.45) is 0 Å². The maximum absolute atomic E-state index is 12.3. The van der Waals surface area contributed by atoms with Gasteiger partial charge in [0.1, 0.15) is 0 Å². The lowest BCUT2D eigenvalue weighted by atomic mass is 10.1. The molecule has 0 saturated heterocycles. The number of aromatic nitrogens is 1. The van der Waals surface area contributed by atoms with Gasteiger partial charge in [0.25, 0.3) is 5.91 Å². The van der Waals surface area contributed by atoms with Crippen LogP contribution in [0.3, 0.4) is 0 Å². The molecule has 2 aromatic rings. The highest BCUT2D eigenvalue weighted by Gasteiger charge is 2.12. The average molecular weight is 300 g/mol. The molecule has 1 N–H and O–H groups in total. The highest BCUT2D eigenvalue weighted by Crippen LogP contribution is 2.17. The standard InChI is InChI=1S/C18H24N2O2/c1-13-5-6-14(2)20(13)17-9-7-16(8-10-17)18(22)19(4)12-11-15(3)21/h5-10,15,21H,11-12H2,1-4H3. The number of benzene rings is 1. The van der Waals surface area contributed by atoms with Crippen molar-refractivity contribution in [3.05, 3.63) is 53.3 Å². The zero-order chi connectivity index (χ0) is 16.3. The minimum atomic E-state index is -0.391. The molecule has 0 aliphatic heterocycles. The molecule has 1 aromatic heterocycles. The molecule has 1 heterocycles. The largest absolute Gasteiger partial charge is 0.393 e. The lowest BCUT2D eigenvalue weighted by molar-refractivity contribution is 0.0769. The van der Waals surface area contributed by atoms with Gasteiger partial charge >= 0.3 is 0 Å². The Morgan fingerprint density at radius 3 is 2.18 bits per heavy atom. The van der Waals surface area contributed by atoms with E-state index in [1.54, 1.807) is 18.9 Å². The maximum Gasteiger partial charge on any atom is 0.253 e. The summed E-state index contributed by atoms with van der Waals surface area (Å²) in [4.78, 5) is 14.0. The van der Waals surface area contributed by atoms with E-state index in [2.05, 4.69) is 30.5 Å². The molecule has 0 aliphatic rings. The number of aryl methyl sites for hydroxylation is 2. The Kier molecular flexibility index (Phi) is 5.03. The fraction of sp³-hybridized carbons (Fsp3) is 0.389. The van der Waals surface area contributed by atoms with E-state index < -0.39 is 6.10 Å². The number of carbonyl (C=O) groups is 1. The number of nitrogens with zero attached hydrogens (tertiary/aromatic N) is 2. The van der Waals surface area contributed by atoms with Crippen LogP contribution in [0.25, 0.3) is 5.69 Å². The van der Waals surface area contributed by atoms with E-state index in [0.717, 1.165) is 5.69 Å². The van der Waals surface area contributed by atoms with Crippen LogP contribution in [0.15, 0.2) is 36.4 Å². The van der Waals surface area contributed by atoms with E-state index in [0.29, 0.717) is 18.5 Å². The van der Waals surface area contributed by atoms with Gasteiger partial charge in [0.15, 0.2) is 0 Å². The predicted molar refractivity (Wildman–Crippen MR) is 88.5 cm³/mol. The van der Waals surface area contributed by atoms with Crippen LogP contribution in [0.4, 0.5) is 0 Å². The average Bonchev–Trinajstić information content (AvgIpc) is 2.83. The van der Waals surface area contributed by atoms with Gasteiger partial charge in [-0.2, -0.15) is 0 Å². The second kappa shape index (κ2) is 6.79. The molecule has 1 atom stereocenters. The Morgan fingerprint density at radius 2 is 1.68 bits per heavy atom. The second-order valence-corrected chi connectivity index (χ2v) is 5.86. The van der Waals surface area contributed by atoms with Gasteiger partial charge in [0.05, 0.1) is 6.10 Å². The molecule has 4 heteroatoms. The van der Waals surface area contributed by atoms with E-state index >= 15 is 0 Å². The van der Waals surface area contributed by atoms with Crippen molar-refractivity contribution in [1.82, 2.24) is 9.47 Å². The van der Waals surface area contributed by atoms with E-state index in [9.17, 15) is 9.90 Å². The number of rotatable bonds is 5. The summed E-state index contributed by atoms with van der Waals surface area (Å²) in [6.45, 7) is 6.41. The molecular weight excluding hydrogens is 276 g/mol. The normalized spacial score (nSPS) is 12.2. The first-order chi connectivity index (χ1) is 10.4. The highest BCUT2D eigenvalue weighted by molar-refractivity contribution is 5.94. The van der Waals surface area contributed by atoms with E-state index in [4.69, 9.17) is 0 Å². The van der Waals surface area contributed by atoms with Gasteiger partial charge in [-0.1, -0.05) is 0 Å². The molecule has 1 unspecified atom stereocenters. The lowest BCUT2D eigenvalue weighted by Crippen LogP contribution is -2.29. The summed E-state index contributed by atoms with van der Waals surface area (Å²) < 4.78 is 2.16. The van der Waals surface area contributed by atoms with Crippen LogP contribution in [0.5, 0.6) is 0 Å². The molecular formula is C18H24N2O2. The number of hydrogen-bond acceptors (Lipinski definition) is 2. The second-order valence-electron chi connectivity index (χ2n) is 5.86. The van der Waals surface area contributed by atoms with Crippen molar-refractivity contribution in [2.45, 2.75) is 33.3 Å². The molecule has 0 saturated carbocycles. The van der Waals surface area contributed by atoms with Crippen LogP contribution in [0, 0.1) is 13.8 Å². The number of hydrogen-bond donors (Lipinski definition) is 1.